The number of nitro groups is 1. The van der Waals surface area contributed by atoms with Crippen molar-refractivity contribution in [2.75, 3.05) is 6.61 Å². The van der Waals surface area contributed by atoms with Gasteiger partial charge in [-0.2, -0.15) is 5.10 Å². The fourth-order valence-corrected chi connectivity index (χ4v) is 1.63. The number of nitrogens with one attached hydrogen (secondary N) is 1. The minimum absolute atomic E-state index is 0.00448. The van der Waals surface area contributed by atoms with Crippen LogP contribution in [0.3, 0.4) is 0 Å². The van der Waals surface area contributed by atoms with Crippen LogP contribution in [0.2, 0.25) is 0 Å². The van der Waals surface area contributed by atoms with Crippen LogP contribution >= 0.6 is 0 Å². The van der Waals surface area contributed by atoms with E-state index in [2.05, 4.69) is 10.5 Å². The van der Waals surface area contributed by atoms with Gasteiger partial charge in [0.15, 0.2) is 12.4 Å². The molecule has 0 atom stereocenters. The van der Waals surface area contributed by atoms with Gasteiger partial charge < -0.3 is 4.74 Å². The Morgan fingerprint density at radius 2 is 1.96 bits per heavy atom. The summed E-state index contributed by atoms with van der Waals surface area (Å²) in [6, 6.07) is 11.3. The second-order valence-corrected chi connectivity index (χ2v) is 4.36. The summed E-state index contributed by atoms with van der Waals surface area (Å²) in [5, 5.41) is 14.5. The van der Waals surface area contributed by atoms with E-state index in [0.717, 1.165) is 0 Å². The van der Waals surface area contributed by atoms with Gasteiger partial charge in [0.2, 0.25) is 0 Å². The van der Waals surface area contributed by atoms with Crippen LogP contribution in [0, 0.1) is 15.9 Å². The summed E-state index contributed by atoms with van der Waals surface area (Å²) in [5.74, 6) is -0.958. The molecular weight excluding hydrogens is 305 g/mol. The Balaban J connectivity index is 1.86. The summed E-state index contributed by atoms with van der Waals surface area (Å²) in [6.45, 7) is -0.425. The molecule has 0 aromatic heterocycles. The molecule has 2 aromatic carbocycles. The minimum atomic E-state index is -0.597. The number of hydrogen-bond acceptors (Lipinski definition) is 5. The maximum Gasteiger partial charge on any atom is 0.310 e. The van der Waals surface area contributed by atoms with Crippen molar-refractivity contribution in [1.82, 2.24) is 5.43 Å². The fourth-order valence-electron chi connectivity index (χ4n) is 1.63. The Morgan fingerprint density at radius 3 is 2.65 bits per heavy atom. The summed E-state index contributed by atoms with van der Waals surface area (Å²) in [5.41, 5.74) is 2.58. The Bertz CT molecular complexity index is 732. The molecule has 7 nitrogen and oxygen atoms in total. The molecule has 1 N–H and O–H groups in total. The molecule has 0 aliphatic heterocycles. The van der Waals surface area contributed by atoms with Gasteiger partial charge in [0, 0.05) is 6.07 Å². The Kier molecular flexibility index (Phi) is 5.35. The van der Waals surface area contributed by atoms with Gasteiger partial charge in [0.05, 0.1) is 11.1 Å². The zero-order chi connectivity index (χ0) is 16.7. The number of carbonyl (C=O) groups excluding carboxylic acids is 1. The van der Waals surface area contributed by atoms with E-state index < -0.39 is 17.4 Å². The zero-order valence-corrected chi connectivity index (χ0v) is 11.8. The molecule has 23 heavy (non-hydrogen) atoms. The number of carbonyl (C=O) groups is 1. The number of hydrogen-bond donors (Lipinski definition) is 1. The predicted octanol–water partition coefficient (Wildman–Crippen LogP) is 2.26. The largest absolute Gasteiger partial charge is 0.477 e. The molecule has 0 heterocycles. The first-order valence-corrected chi connectivity index (χ1v) is 6.50. The number of hydrazone groups is 1. The number of nitrogens with zero attached hydrogens (tertiary/aromatic N) is 2. The van der Waals surface area contributed by atoms with Gasteiger partial charge in [-0.15, -0.1) is 0 Å². The molecule has 8 heteroatoms. The highest BCUT2D eigenvalue weighted by Gasteiger charge is 2.14. The normalized spacial score (nSPS) is 10.5. The van der Waals surface area contributed by atoms with Crippen LogP contribution < -0.4 is 10.2 Å². The van der Waals surface area contributed by atoms with Gasteiger partial charge in [0.25, 0.3) is 5.91 Å². The quantitative estimate of drug-likeness (QED) is 0.502. The van der Waals surface area contributed by atoms with Crippen LogP contribution in [0.5, 0.6) is 5.75 Å². The maximum atomic E-state index is 12.7. The van der Waals surface area contributed by atoms with Crippen molar-refractivity contribution < 1.29 is 18.8 Å². The molecule has 0 unspecified atom stereocenters. The van der Waals surface area contributed by atoms with Crippen LogP contribution in [0.1, 0.15) is 5.56 Å². The smallest absolute Gasteiger partial charge is 0.310 e. The maximum absolute atomic E-state index is 12.7. The fraction of sp³-hybridized carbons (Fsp3) is 0.0667. The monoisotopic (exact) mass is 317 g/mol. The summed E-state index contributed by atoms with van der Waals surface area (Å²) in [6.07, 6.45) is 1.34. The molecule has 0 saturated carbocycles. The van der Waals surface area contributed by atoms with E-state index >= 15 is 0 Å². The van der Waals surface area contributed by atoms with Crippen molar-refractivity contribution in [2.24, 2.45) is 5.10 Å². The third kappa shape index (κ3) is 4.88. The number of para-hydroxylation sites is 2. The Hall–Kier alpha value is -3.29. The van der Waals surface area contributed by atoms with E-state index in [1.54, 1.807) is 6.07 Å². The molecule has 2 rings (SSSR count). The summed E-state index contributed by atoms with van der Waals surface area (Å²) in [7, 11) is 0. The van der Waals surface area contributed by atoms with E-state index in [4.69, 9.17) is 4.74 Å². The van der Waals surface area contributed by atoms with Crippen LogP contribution in [0.15, 0.2) is 53.6 Å². The van der Waals surface area contributed by atoms with Crippen molar-refractivity contribution in [3.63, 3.8) is 0 Å². The number of amides is 1. The van der Waals surface area contributed by atoms with Crippen molar-refractivity contribution in [3.8, 4) is 5.75 Å². The number of benzene rings is 2. The molecule has 0 aliphatic carbocycles. The number of ether oxygens (including phenoxy) is 1. The second kappa shape index (κ2) is 7.64. The standard InChI is InChI=1S/C15H12FN3O4/c16-12-7-5-11(6-8-12)9-17-18-15(20)10-23-14-4-2-1-3-13(14)19(21)22/h1-9H,10H2,(H,18,20)/b17-9-. The highest BCUT2D eigenvalue weighted by molar-refractivity contribution is 5.82. The zero-order valence-electron chi connectivity index (χ0n) is 11.8. The lowest BCUT2D eigenvalue weighted by molar-refractivity contribution is -0.385. The van der Waals surface area contributed by atoms with Crippen molar-refractivity contribution in [2.45, 2.75) is 0 Å². The molecule has 118 valence electrons. The third-order valence-electron chi connectivity index (χ3n) is 2.69. The van der Waals surface area contributed by atoms with E-state index in [1.165, 1.54) is 48.7 Å². The molecule has 2 aromatic rings. The SMILES string of the molecule is O=C(COc1ccccc1[N+](=O)[O-])N/N=C\c1ccc(F)cc1. The summed E-state index contributed by atoms with van der Waals surface area (Å²) in [4.78, 5) is 21.8. The van der Waals surface area contributed by atoms with E-state index in [0.29, 0.717) is 5.56 Å². The number of nitro benzene ring substituents is 1. The lowest BCUT2D eigenvalue weighted by Gasteiger charge is -2.05. The van der Waals surface area contributed by atoms with Crippen LogP contribution in [-0.2, 0) is 4.79 Å². The van der Waals surface area contributed by atoms with Gasteiger partial charge in [-0.25, -0.2) is 9.82 Å². The Labute approximate surface area is 130 Å². The molecular formula is C15H12FN3O4. The first kappa shape index (κ1) is 16.1. The molecule has 0 bridgehead atoms. The van der Waals surface area contributed by atoms with Crippen molar-refractivity contribution >= 4 is 17.8 Å². The van der Waals surface area contributed by atoms with E-state index in [1.807, 2.05) is 0 Å². The highest BCUT2D eigenvalue weighted by atomic mass is 19.1. The van der Waals surface area contributed by atoms with Gasteiger partial charge in [-0.3, -0.25) is 14.9 Å². The molecule has 0 radical (unpaired) electrons. The number of halogens is 1. The van der Waals surface area contributed by atoms with Gasteiger partial charge in [0.1, 0.15) is 5.82 Å². The van der Waals surface area contributed by atoms with Gasteiger partial charge >= 0.3 is 5.69 Å². The topological polar surface area (TPSA) is 93.8 Å². The average Bonchev–Trinajstić information content (AvgIpc) is 2.55. The molecule has 1 amide bonds. The predicted molar refractivity (Wildman–Crippen MR) is 80.7 cm³/mol. The van der Waals surface area contributed by atoms with Crippen molar-refractivity contribution in [1.29, 1.82) is 0 Å². The third-order valence-corrected chi connectivity index (χ3v) is 2.69. The van der Waals surface area contributed by atoms with Gasteiger partial charge in [-0.1, -0.05) is 24.3 Å². The molecule has 0 spiro atoms. The molecule has 0 saturated heterocycles. The van der Waals surface area contributed by atoms with E-state index in [-0.39, 0.29) is 17.3 Å². The minimum Gasteiger partial charge on any atom is -0.477 e. The molecule has 0 aliphatic rings. The number of rotatable bonds is 6. The first-order chi connectivity index (χ1) is 11.1. The summed E-state index contributed by atoms with van der Waals surface area (Å²) >= 11 is 0. The first-order valence-electron chi connectivity index (χ1n) is 6.50. The van der Waals surface area contributed by atoms with Gasteiger partial charge in [-0.05, 0) is 23.8 Å². The average molecular weight is 317 g/mol. The van der Waals surface area contributed by atoms with Crippen molar-refractivity contribution in [3.05, 3.63) is 70.0 Å². The lowest BCUT2D eigenvalue weighted by Crippen LogP contribution is -2.24. The van der Waals surface area contributed by atoms with Crippen LogP contribution in [-0.4, -0.2) is 23.7 Å². The Morgan fingerprint density at radius 1 is 1.26 bits per heavy atom. The van der Waals surface area contributed by atoms with E-state index in [9.17, 15) is 19.3 Å². The second-order valence-electron chi connectivity index (χ2n) is 4.36. The highest BCUT2D eigenvalue weighted by Crippen LogP contribution is 2.25. The lowest BCUT2D eigenvalue weighted by atomic mass is 10.2. The van der Waals surface area contributed by atoms with Crippen LogP contribution in [0.4, 0.5) is 10.1 Å². The molecule has 0 fully saturated rings. The van der Waals surface area contributed by atoms with Crippen LogP contribution in [0.25, 0.3) is 0 Å². The summed E-state index contributed by atoms with van der Waals surface area (Å²) < 4.78 is 17.8.